The van der Waals surface area contributed by atoms with E-state index in [0.29, 0.717) is 5.75 Å². The molecule has 3 rings (SSSR count). The summed E-state index contributed by atoms with van der Waals surface area (Å²) < 4.78 is 12.5. The lowest BCUT2D eigenvalue weighted by Gasteiger charge is -2.29. The Hall–Kier alpha value is -1.94. The molecule has 0 bridgehead atoms. The van der Waals surface area contributed by atoms with Crippen molar-refractivity contribution >= 4 is 22.4 Å². The number of aryl methyl sites for hydroxylation is 3. The standard InChI is InChI=1S/C20H23NO2S/c1-15-10-16(2)12-17(11-15)13-24(23)14-20(22)21-9-5-7-18-6-3-4-8-19(18)21/h3-4,6,8,10-12H,5,7,9,13-14H2,1-2H3. The molecule has 1 amide bonds. The normalized spacial score (nSPS) is 15.0. The third-order valence-electron chi connectivity index (χ3n) is 4.30. The summed E-state index contributed by atoms with van der Waals surface area (Å²) in [4.78, 5) is 14.4. The molecular weight excluding hydrogens is 318 g/mol. The van der Waals surface area contributed by atoms with Crippen LogP contribution in [0.2, 0.25) is 0 Å². The zero-order valence-corrected chi connectivity index (χ0v) is 15.1. The summed E-state index contributed by atoms with van der Waals surface area (Å²) >= 11 is 0. The van der Waals surface area contributed by atoms with Crippen LogP contribution in [-0.4, -0.2) is 22.4 Å². The fourth-order valence-corrected chi connectivity index (χ4v) is 4.47. The second kappa shape index (κ2) is 7.31. The van der Waals surface area contributed by atoms with Gasteiger partial charge in [-0.05, 0) is 43.9 Å². The monoisotopic (exact) mass is 341 g/mol. The summed E-state index contributed by atoms with van der Waals surface area (Å²) in [6.07, 6.45) is 1.97. The minimum absolute atomic E-state index is 0.0372. The van der Waals surface area contributed by atoms with Gasteiger partial charge >= 0.3 is 0 Å². The van der Waals surface area contributed by atoms with Crippen molar-refractivity contribution in [1.29, 1.82) is 0 Å². The summed E-state index contributed by atoms with van der Waals surface area (Å²) in [5.74, 6) is 0.482. The first-order chi connectivity index (χ1) is 11.5. The van der Waals surface area contributed by atoms with E-state index in [1.165, 1.54) is 16.7 Å². The molecule has 0 radical (unpaired) electrons. The molecule has 2 aromatic rings. The number of carbonyl (C=O) groups is 1. The average Bonchev–Trinajstić information content (AvgIpc) is 2.53. The van der Waals surface area contributed by atoms with E-state index in [-0.39, 0.29) is 11.7 Å². The van der Waals surface area contributed by atoms with Gasteiger partial charge in [0.05, 0.1) is 0 Å². The van der Waals surface area contributed by atoms with Gasteiger partial charge in [-0.1, -0.05) is 47.5 Å². The lowest BCUT2D eigenvalue weighted by molar-refractivity contribution is -0.116. The molecule has 1 aliphatic rings. The summed E-state index contributed by atoms with van der Waals surface area (Å²) in [5, 5.41) is 0. The van der Waals surface area contributed by atoms with Crippen molar-refractivity contribution in [2.75, 3.05) is 17.2 Å². The second-order valence-corrected chi connectivity index (χ2v) is 7.96. The molecule has 4 heteroatoms. The van der Waals surface area contributed by atoms with Crippen LogP contribution in [0.5, 0.6) is 0 Å². The Morgan fingerprint density at radius 3 is 2.58 bits per heavy atom. The lowest BCUT2D eigenvalue weighted by atomic mass is 10.0. The number of benzene rings is 2. The topological polar surface area (TPSA) is 37.4 Å². The second-order valence-electron chi connectivity index (χ2n) is 6.50. The number of amides is 1. The van der Waals surface area contributed by atoms with E-state index in [1.54, 1.807) is 4.90 Å². The van der Waals surface area contributed by atoms with Crippen LogP contribution < -0.4 is 4.90 Å². The van der Waals surface area contributed by atoms with Crippen LogP contribution in [0, 0.1) is 13.8 Å². The summed E-state index contributed by atoms with van der Waals surface area (Å²) in [6.45, 7) is 4.79. The van der Waals surface area contributed by atoms with Gasteiger partial charge in [0.2, 0.25) is 5.91 Å². The third-order valence-corrected chi connectivity index (χ3v) is 5.53. The van der Waals surface area contributed by atoms with Crippen molar-refractivity contribution in [3.63, 3.8) is 0 Å². The Morgan fingerprint density at radius 2 is 1.83 bits per heavy atom. The van der Waals surface area contributed by atoms with Gasteiger partial charge in [0.1, 0.15) is 5.75 Å². The first-order valence-corrected chi connectivity index (χ1v) is 9.82. The molecule has 3 nitrogen and oxygen atoms in total. The summed E-state index contributed by atoms with van der Waals surface area (Å²) in [5.41, 5.74) is 5.56. The van der Waals surface area contributed by atoms with Crippen molar-refractivity contribution in [2.24, 2.45) is 0 Å². The average molecular weight is 341 g/mol. The number of para-hydroxylation sites is 1. The third kappa shape index (κ3) is 3.93. The van der Waals surface area contributed by atoms with E-state index in [9.17, 15) is 9.00 Å². The molecule has 0 saturated heterocycles. The van der Waals surface area contributed by atoms with Crippen LogP contribution in [0.25, 0.3) is 0 Å². The number of carbonyl (C=O) groups excluding carboxylic acids is 1. The maximum Gasteiger partial charge on any atom is 0.239 e. The lowest BCUT2D eigenvalue weighted by Crippen LogP contribution is -2.38. The molecule has 1 aliphatic heterocycles. The van der Waals surface area contributed by atoms with Gasteiger partial charge < -0.3 is 4.90 Å². The van der Waals surface area contributed by atoms with E-state index in [4.69, 9.17) is 0 Å². The minimum atomic E-state index is -1.19. The highest BCUT2D eigenvalue weighted by Crippen LogP contribution is 2.26. The zero-order chi connectivity index (χ0) is 17.1. The van der Waals surface area contributed by atoms with Crippen LogP contribution in [0.1, 0.15) is 28.7 Å². The molecule has 0 saturated carbocycles. The Labute approximate surface area is 146 Å². The number of hydrogen-bond acceptors (Lipinski definition) is 2. The number of rotatable bonds is 4. The Morgan fingerprint density at radius 1 is 1.12 bits per heavy atom. The maximum atomic E-state index is 12.6. The highest BCUT2D eigenvalue weighted by Gasteiger charge is 2.23. The van der Waals surface area contributed by atoms with Gasteiger partial charge in [-0.25, -0.2) is 0 Å². The van der Waals surface area contributed by atoms with Crippen molar-refractivity contribution in [1.82, 2.24) is 0 Å². The molecule has 1 heterocycles. The van der Waals surface area contributed by atoms with Gasteiger partial charge in [0, 0.05) is 28.8 Å². The fourth-order valence-electron chi connectivity index (χ4n) is 3.40. The van der Waals surface area contributed by atoms with Crippen molar-refractivity contribution in [2.45, 2.75) is 32.4 Å². The van der Waals surface area contributed by atoms with E-state index >= 15 is 0 Å². The number of nitrogens with zero attached hydrogens (tertiary/aromatic N) is 1. The zero-order valence-electron chi connectivity index (χ0n) is 14.2. The molecule has 24 heavy (non-hydrogen) atoms. The van der Waals surface area contributed by atoms with Crippen LogP contribution >= 0.6 is 0 Å². The van der Waals surface area contributed by atoms with E-state index in [2.05, 4.69) is 12.1 Å². The SMILES string of the molecule is Cc1cc(C)cc(CS(=O)CC(=O)N2CCCc3ccccc32)c1. The minimum Gasteiger partial charge on any atom is -0.311 e. The van der Waals surface area contributed by atoms with Gasteiger partial charge in [-0.15, -0.1) is 0 Å². The molecule has 0 N–H and O–H groups in total. The molecule has 126 valence electrons. The predicted molar refractivity (Wildman–Crippen MR) is 99.7 cm³/mol. The van der Waals surface area contributed by atoms with E-state index in [0.717, 1.165) is 30.6 Å². The Kier molecular flexibility index (Phi) is 5.14. The van der Waals surface area contributed by atoms with Crippen LogP contribution in [0.3, 0.4) is 0 Å². The molecule has 1 atom stereocenters. The number of fused-ring (bicyclic) bond motifs is 1. The van der Waals surface area contributed by atoms with Gasteiger partial charge in [-0.3, -0.25) is 9.00 Å². The van der Waals surface area contributed by atoms with E-state index < -0.39 is 10.8 Å². The van der Waals surface area contributed by atoms with Gasteiger partial charge in [0.15, 0.2) is 0 Å². The molecule has 0 spiro atoms. The van der Waals surface area contributed by atoms with Crippen molar-refractivity contribution < 1.29 is 9.00 Å². The Bertz CT molecular complexity index is 765. The van der Waals surface area contributed by atoms with E-state index in [1.807, 2.05) is 44.2 Å². The molecule has 0 fully saturated rings. The summed E-state index contributed by atoms with van der Waals surface area (Å²) in [7, 11) is -1.19. The summed E-state index contributed by atoms with van der Waals surface area (Å²) in [6, 6.07) is 14.2. The number of hydrogen-bond donors (Lipinski definition) is 0. The van der Waals surface area contributed by atoms with Gasteiger partial charge in [-0.2, -0.15) is 0 Å². The maximum absolute atomic E-state index is 12.6. The van der Waals surface area contributed by atoms with Crippen molar-refractivity contribution in [3.05, 3.63) is 64.7 Å². The smallest absolute Gasteiger partial charge is 0.239 e. The highest BCUT2D eigenvalue weighted by atomic mass is 32.2. The van der Waals surface area contributed by atoms with Crippen LogP contribution in [-0.2, 0) is 27.8 Å². The fraction of sp³-hybridized carbons (Fsp3) is 0.350. The molecule has 2 aromatic carbocycles. The first-order valence-electron chi connectivity index (χ1n) is 8.33. The molecule has 0 aromatic heterocycles. The largest absolute Gasteiger partial charge is 0.311 e. The Balaban J connectivity index is 1.68. The first kappa shape index (κ1) is 16.9. The van der Waals surface area contributed by atoms with Crippen molar-refractivity contribution in [3.8, 4) is 0 Å². The molecule has 0 aliphatic carbocycles. The van der Waals surface area contributed by atoms with Crippen LogP contribution in [0.4, 0.5) is 5.69 Å². The molecule has 1 unspecified atom stereocenters. The molecular formula is C20H23NO2S. The quantitative estimate of drug-likeness (QED) is 0.853. The van der Waals surface area contributed by atoms with Crippen LogP contribution in [0.15, 0.2) is 42.5 Å². The predicted octanol–water partition coefficient (Wildman–Crippen LogP) is 3.53. The van der Waals surface area contributed by atoms with Gasteiger partial charge in [0.25, 0.3) is 0 Å². The highest BCUT2D eigenvalue weighted by molar-refractivity contribution is 7.84. The number of anilines is 1.